The summed E-state index contributed by atoms with van der Waals surface area (Å²) in [5.74, 6) is -3.91. The molecular formula is C10H7F6NO4. The second kappa shape index (κ2) is 5.66. The molecule has 0 fully saturated rings. The lowest BCUT2D eigenvalue weighted by atomic mass is 10.2. The van der Waals surface area contributed by atoms with E-state index in [1.807, 2.05) is 0 Å². The fourth-order valence-corrected chi connectivity index (χ4v) is 1.28. The van der Waals surface area contributed by atoms with E-state index < -0.39 is 47.8 Å². The van der Waals surface area contributed by atoms with Crippen LogP contribution in [0.2, 0.25) is 0 Å². The Hall–Kier alpha value is -2.20. The number of carbonyl (C=O) groups is 1. The van der Waals surface area contributed by atoms with Gasteiger partial charge in [-0.25, -0.2) is 4.98 Å². The smallest absolute Gasteiger partial charge is 0.506 e. The zero-order valence-electron chi connectivity index (χ0n) is 10.2. The van der Waals surface area contributed by atoms with Crippen molar-refractivity contribution >= 4 is 5.97 Å². The molecule has 0 aliphatic rings. The largest absolute Gasteiger partial charge is 0.573 e. The first-order chi connectivity index (χ1) is 9.44. The zero-order valence-corrected chi connectivity index (χ0v) is 10.2. The van der Waals surface area contributed by atoms with E-state index in [-0.39, 0.29) is 6.07 Å². The van der Waals surface area contributed by atoms with Crippen molar-refractivity contribution in [3.05, 3.63) is 17.5 Å². The van der Waals surface area contributed by atoms with Gasteiger partial charge in [0, 0.05) is 6.07 Å². The Morgan fingerprint density at radius 1 is 1.29 bits per heavy atom. The molecule has 0 aliphatic carbocycles. The van der Waals surface area contributed by atoms with Crippen LogP contribution in [0.4, 0.5) is 26.3 Å². The first kappa shape index (κ1) is 16.9. The molecule has 0 radical (unpaired) electrons. The average Bonchev–Trinajstić information content (AvgIpc) is 2.28. The van der Waals surface area contributed by atoms with E-state index >= 15 is 0 Å². The number of hydrogen-bond donors (Lipinski definition) is 1. The highest BCUT2D eigenvalue weighted by molar-refractivity contribution is 5.72. The normalized spacial score (nSPS) is 12.1. The minimum atomic E-state index is -5.24. The topological polar surface area (TPSA) is 68.7 Å². The van der Waals surface area contributed by atoms with Gasteiger partial charge in [-0.05, 0) is 0 Å². The number of hydrogen-bond acceptors (Lipinski definition) is 5. The number of nitrogens with zero attached hydrogens (tertiary/aromatic N) is 1. The number of alkyl halides is 6. The minimum Gasteiger partial charge on any atom is -0.506 e. The molecule has 0 amide bonds. The molecular weight excluding hydrogens is 312 g/mol. The van der Waals surface area contributed by atoms with Crippen molar-refractivity contribution in [2.24, 2.45) is 0 Å². The van der Waals surface area contributed by atoms with Crippen molar-refractivity contribution in [3.63, 3.8) is 0 Å². The number of aromatic hydroxyl groups is 1. The Labute approximate surface area is 113 Å². The molecule has 1 aromatic rings. The maximum absolute atomic E-state index is 12.5. The zero-order chi connectivity index (χ0) is 16.4. The van der Waals surface area contributed by atoms with Crippen molar-refractivity contribution in [1.29, 1.82) is 0 Å². The Bertz CT molecular complexity index is 540. The van der Waals surface area contributed by atoms with Gasteiger partial charge < -0.3 is 14.6 Å². The van der Waals surface area contributed by atoms with Crippen LogP contribution in [-0.4, -0.2) is 29.5 Å². The van der Waals surface area contributed by atoms with E-state index in [0.29, 0.717) is 0 Å². The van der Waals surface area contributed by atoms with E-state index in [1.165, 1.54) is 0 Å². The fraction of sp³-hybridized carbons (Fsp3) is 0.400. The van der Waals surface area contributed by atoms with Crippen molar-refractivity contribution in [2.45, 2.75) is 19.0 Å². The maximum atomic E-state index is 12.5. The molecule has 1 heterocycles. The number of ether oxygens (including phenoxy) is 2. The van der Waals surface area contributed by atoms with E-state index in [2.05, 4.69) is 14.5 Å². The summed E-state index contributed by atoms with van der Waals surface area (Å²) in [6.07, 6.45) is -11.4. The predicted molar refractivity (Wildman–Crippen MR) is 53.3 cm³/mol. The van der Waals surface area contributed by atoms with Gasteiger partial charge in [-0.2, -0.15) is 13.2 Å². The van der Waals surface area contributed by atoms with Crippen molar-refractivity contribution in [2.75, 3.05) is 7.11 Å². The Balaban J connectivity index is 3.35. The Kier molecular flexibility index (Phi) is 4.54. The van der Waals surface area contributed by atoms with Gasteiger partial charge in [-0.3, -0.25) is 4.79 Å². The molecule has 1 N–H and O–H groups in total. The van der Waals surface area contributed by atoms with Gasteiger partial charge in [-0.1, -0.05) is 0 Å². The number of esters is 1. The summed E-state index contributed by atoms with van der Waals surface area (Å²) in [4.78, 5) is 13.8. The highest BCUT2D eigenvalue weighted by Crippen LogP contribution is 2.38. The van der Waals surface area contributed by atoms with E-state index in [1.54, 1.807) is 0 Å². The summed E-state index contributed by atoms with van der Waals surface area (Å²) in [5.41, 5.74) is -2.81. The van der Waals surface area contributed by atoms with Crippen molar-refractivity contribution in [3.8, 4) is 11.5 Å². The molecule has 0 bridgehead atoms. The molecule has 0 aliphatic heterocycles. The molecule has 5 nitrogen and oxygen atoms in total. The minimum absolute atomic E-state index is 0.0849. The highest BCUT2D eigenvalue weighted by atomic mass is 19.4. The van der Waals surface area contributed by atoms with Crippen LogP contribution in [0.5, 0.6) is 11.5 Å². The van der Waals surface area contributed by atoms with Crippen molar-refractivity contribution < 1.29 is 45.7 Å². The third kappa shape index (κ3) is 4.68. The van der Waals surface area contributed by atoms with Crippen LogP contribution in [0.25, 0.3) is 0 Å². The summed E-state index contributed by atoms with van der Waals surface area (Å²) in [6, 6.07) is 0.0849. The van der Waals surface area contributed by atoms with Crippen LogP contribution in [0, 0.1) is 0 Å². The van der Waals surface area contributed by atoms with E-state index in [0.717, 1.165) is 7.11 Å². The molecule has 0 unspecified atom stereocenters. The molecule has 1 rings (SSSR count). The van der Waals surface area contributed by atoms with Crippen LogP contribution >= 0.6 is 0 Å². The fourth-order valence-electron chi connectivity index (χ4n) is 1.28. The molecule has 11 heteroatoms. The van der Waals surface area contributed by atoms with Gasteiger partial charge >= 0.3 is 18.5 Å². The second-order valence-corrected chi connectivity index (χ2v) is 3.60. The predicted octanol–water partition coefficient (Wildman–Crippen LogP) is 2.42. The molecule has 0 atom stereocenters. The molecule has 0 saturated carbocycles. The monoisotopic (exact) mass is 319 g/mol. The quantitative estimate of drug-likeness (QED) is 0.684. The number of halogens is 6. The SMILES string of the molecule is COC(=O)Cc1nc(C(F)(F)F)c(O)cc1OC(F)(F)F. The van der Waals surface area contributed by atoms with Gasteiger partial charge in [0.25, 0.3) is 0 Å². The molecule has 0 spiro atoms. The average molecular weight is 319 g/mol. The summed E-state index contributed by atoms with van der Waals surface area (Å²) in [5, 5.41) is 9.09. The lowest BCUT2D eigenvalue weighted by Crippen LogP contribution is -2.21. The third-order valence-corrected chi connectivity index (χ3v) is 2.08. The van der Waals surface area contributed by atoms with Crippen LogP contribution in [0.1, 0.15) is 11.4 Å². The lowest BCUT2D eigenvalue weighted by molar-refractivity contribution is -0.275. The molecule has 0 aromatic carbocycles. The van der Waals surface area contributed by atoms with Crippen molar-refractivity contribution in [1.82, 2.24) is 4.98 Å². The highest BCUT2D eigenvalue weighted by Gasteiger charge is 2.39. The third-order valence-electron chi connectivity index (χ3n) is 2.08. The number of methoxy groups -OCH3 is 1. The van der Waals surface area contributed by atoms with Gasteiger partial charge in [0.15, 0.2) is 11.4 Å². The summed E-state index contributed by atoms with van der Waals surface area (Å²) in [6.45, 7) is 0. The molecule has 118 valence electrons. The van der Waals surface area contributed by atoms with E-state index in [9.17, 15) is 31.1 Å². The number of rotatable bonds is 3. The molecule has 0 saturated heterocycles. The van der Waals surface area contributed by atoms with Crippen LogP contribution in [0.15, 0.2) is 6.07 Å². The van der Waals surface area contributed by atoms with Gasteiger partial charge in [0.2, 0.25) is 0 Å². The lowest BCUT2D eigenvalue weighted by Gasteiger charge is -2.15. The Morgan fingerprint density at radius 2 is 1.86 bits per heavy atom. The van der Waals surface area contributed by atoms with Gasteiger partial charge in [0.05, 0.1) is 19.2 Å². The Morgan fingerprint density at radius 3 is 2.29 bits per heavy atom. The van der Waals surface area contributed by atoms with E-state index in [4.69, 9.17) is 5.11 Å². The summed E-state index contributed by atoms with van der Waals surface area (Å²) in [7, 11) is 0.887. The van der Waals surface area contributed by atoms with Gasteiger partial charge in [0.1, 0.15) is 5.75 Å². The standard InChI is InChI=1S/C10H7F6NO4/c1-20-7(19)2-4-6(21-10(14,15)16)3-5(18)8(17-4)9(11,12)13/h3,18H,2H2,1H3. The van der Waals surface area contributed by atoms with Crippen LogP contribution < -0.4 is 4.74 Å². The summed E-state index contributed by atoms with van der Waals surface area (Å²) < 4.78 is 81.5. The van der Waals surface area contributed by atoms with Crippen LogP contribution in [0.3, 0.4) is 0 Å². The maximum Gasteiger partial charge on any atom is 0.573 e. The first-order valence-corrected chi connectivity index (χ1v) is 5.06. The number of carbonyl (C=O) groups excluding carboxylic acids is 1. The molecule has 21 heavy (non-hydrogen) atoms. The number of aromatic nitrogens is 1. The second-order valence-electron chi connectivity index (χ2n) is 3.60. The van der Waals surface area contributed by atoms with Crippen LogP contribution in [-0.2, 0) is 22.1 Å². The summed E-state index contributed by atoms with van der Waals surface area (Å²) >= 11 is 0. The molecule has 1 aromatic heterocycles. The first-order valence-electron chi connectivity index (χ1n) is 5.06. The van der Waals surface area contributed by atoms with Gasteiger partial charge in [-0.15, -0.1) is 13.2 Å². The number of pyridine rings is 1.